The molecule has 0 saturated carbocycles. The first kappa shape index (κ1) is 16.0. The lowest BCUT2D eigenvalue weighted by atomic mass is 10.0. The van der Waals surface area contributed by atoms with Gasteiger partial charge >= 0.3 is 0 Å². The molecule has 0 aliphatic carbocycles. The summed E-state index contributed by atoms with van der Waals surface area (Å²) >= 11 is 6.06. The molecule has 0 aromatic heterocycles. The van der Waals surface area contributed by atoms with E-state index < -0.39 is 0 Å². The number of halogens is 1. The number of ether oxygens (including phenoxy) is 1. The Bertz CT molecular complexity index is 402. The third-order valence-electron chi connectivity index (χ3n) is 3.06. The van der Waals surface area contributed by atoms with Gasteiger partial charge in [0.2, 0.25) is 0 Å². The fraction of sp³-hybridized carbons (Fsp3) is 0.562. The van der Waals surface area contributed by atoms with E-state index in [0.717, 1.165) is 42.9 Å². The van der Waals surface area contributed by atoms with Gasteiger partial charge in [0.1, 0.15) is 11.5 Å². The second-order valence-electron chi connectivity index (χ2n) is 4.68. The van der Waals surface area contributed by atoms with Crippen molar-refractivity contribution in [2.24, 2.45) is 0 Å². The second-order valence-corrected chi connectivity index (χ2v) is 5.12. The summed E-state index contributed by atoms with van der Waals surface area (Å²) in [5.41, 5.74) is 1.21. The molecule has 0 bridgehead atoms. The Morgan fingerprint density at radius 1 is 1.16 bits per heavy atom. The number of hydrogen-bond donors (Lipinski definition) is 0. The van der Waals surface area contributed by atoms with Crippen LogP contribution in [0.4, 0.5) is 0 Å². The van der Waals surface area contributed by atoms with Crippen molar-refractivity contribution in [2.45, 2.75) is 52.4 Å². The molecule has 0 atom stereocenters. The highest BCUT2D eigenvalue weighted by Gasteiger charge is 2.02. The Labute approximate surface area is 121 Å². The predicted octanol–water partition coefficient (Wildman–Crippen LogP) is 4.82. The SMILES string of the molecule is CCOc1cc(Cl)cc(CCCCCC(=O)CC)c1. The van der Waals surface area contributed by atoms with E-state index in [4.69, 9.17) is 16.3 Å². The number of carbonyl (C=O) groups is 1. The second kappa shape index (κ2) is 8.98. The van der Waals surface area contributed by atoms with Crippen LogP contribution < -0.4 is 4.74 Å². The number of Topliss-reactive ketones (excluding diaryl/α,β-unsaturated/α-hetero) is 1. The molecule has 0 spiro atoms. The minimum Gasteiger partial charge on any atom is -0.494 e. The van der Waals surface area contributed by atoms with E-state index in [1.807, 2.05) is 32.0 Å². The lowest BCUT2D eigenvalue weighted by molar-refractivity contribution is -0.118. The third kappa shape index (κ3) is 6.63. The zero-order valence-corrected chi connectivity index (χ0v) is 12.6. The highest BCUT2D eigenvalue weighted by Crippen LogP contribution is 2.22. The first-order valence-electron chi connectivity index (χ1n) is 7.09. The van der Waals surface area contributed by atoms with Crippen LogP contribution in [-0.2, 0) is 11.2 Å². The molecule has 0 radical (unpaired) electrons. The summed E-state index contributed by atoms with van der Waals surface area (Å²) in [5.74, 6) is 1.20. The monoisotopic (exact) mass is 282 g/mol. The Kier molecular flexibility index (Phi) is 7.57. The Hall–Kier alpha value is -1.02. The largest absolute Gasteiger partial charge is 0.494 e. The quantitative estimate of drug-likeness (QED) is 0.607. The van der Waals surface area contributed by atoms with Crippen LogP contribution in [-0.4, -0.2) is 12.4 Å². The maximum absolute atomic E-state index is 11.2. The molecule has 3 heteroatoms. The molecule has 1 aromatic carbocycles. The lowest BCUT2D eigenvalue weighted by Gasteiger charge is -2.07. The minimum atomic E-state index is 0.362. The van der Waals surface area contributed by atoms with Crippen molar-refractivity contribution in [3.8, 4) is 5.75 Å². The van der Waals surface area contributed by atoms with Crippen molar-refractivity contribution in [3.05, 3.63) is 28.8 Å². The van der Waals surface area contributed by atoms with Gasteiger partial charge in [0.15, 0.2) is 0 Å². The average Bonchev–Trinajstić information content (AvgIpc) is 2.37. The summed E-state index contributed by atoms with van der Waals surface area (Å²) in [6.45, 7) is 4.54. The van der Waals surface area contributed by atoms with Crippen molar-refractivity contribution in [2.75, 3.05) is 6.61 Å². The van der Waals surface area contributed by atoms with Gasteiger partial charge in [-0.05, 0) is 49.9 Å². The van der Waals surface area contributed by atoms with Crippen LogP contribution >= 0.6 is 11.6 Å². The molecule has 0 aliphatic heterocycles. The highest BCUT2D eigenvalue weighted by molar-refractivity contribution is 6.30. The van der Waals surface area contributed by atoms with Gasteiger partial charge in [-0.3, -0.25) is 4.79 Å². The van der Waals surface area contributed by atoms with E-state index >= 15 is 0 Å². The first-order chi connectivity index (χ1) is 9.15. The van der Waals surface area contributed by atoms with Crippen LogP contribution in [0.5, 0.6) is 5.75 Å². The number of benzene rings is 1. The summed E-state index contributed by atoms with van der Waals surface area (Å²) in [6.07, 6.45) is 5.53. The zero-order valence-electron chi connectivity index (χ0n) is 11.9. The molecule has 0 aliphatic rings. The van der Waals surface area contributed by atoms with E-state index in [1.54, 1.807) is 0 Å². The average molecular weight is 283 g/mol. The van der Waals surface area contributed by atoms with Gasteiger partial charge in [-0.15, -0.1) is 0 Å². The zero-order chi connectivity index (χ0) is 14.1. The predicted molar refractivity (Wildman–Crippen MR) is 80.1 cm³/mol. The summed E-state index contributed by atoms with van der Waals surface area (Å²) in [6, 6.07) is 5.88. The number of unbranched alkanes of at least 4 members (excludes halogenated alkanes) is 2. The standard InChI is InChI=1S/C16H23ClO2/c1-3-15(18)9-7-5-6-8-13-10-14(17)12-16(11-13)19-4-2/h10-12H,3-9H2,1-2H3. The van der Waals surface area contributed by atoms with Gasteiger partial charge in [0.25, 0.3) is 0 Å². The Morgan fingerprint density at radius 3 is 2.63 bits per heavy atom. The van der Waals surface area contributed by atoms with Crippen LogP contribution in [0.1, 0.15) is 51.5 Å². The van der Waals surface area contributed by atoms with Crippen molar-refractivity contribution in [1.29, 1.82) is 0 Å². The van der Waals surface area contributed by atoms with Gasteiger partial charge in [0.05, 0.1) is 6.61 Å². The molecular weight excluding hydrogens is 260 g/mol. The van der Waals surface area contributed by atoms with E-state index in [0.29, 0.717) is 18.8 Å². The molecule has 0 saturated heterocycles. The lowest BCUT2D eigenvalue weighted by Crippen LogP contribution is -1.95. The van der Waals surface area contributed by atoms with E-state index in [2.05, 4.69) is 0 Å². The topological polar surface area (TPSA) is 26.3 Å². The molecule has 1 aromatic rings. The molecule has 106 valence electrons. The third-order valence-corrected chi connectivity index (χ3v) is 3.28. The molecule has 1 rings (SSSR count). The van der Waals surface area contributed by atoms with Crippen molar-refractivity contribution in [3.63, 3.8) is 0 Å². The molecule has 0 fully saturated rings. The fourth-order valence-electron chi connectivity index (χ4n) is 2.02. The van der Waals surface area contributed by atoms with Gasteiger partial charge in [0, 0.05) is 17.9 Å². The van der Waals surface area contributed by atoms with Gasteiger partial charge in [-0.2, -0.15) is 0 Å². The maximum Gasteiger partial charge on any atom is 0.132 e. The van der Waals surface area contributed by atoms with E-state index in [1.165, 1.54) is 5.56 Å². The van der Waals surface area contributed by atoms with E-state index in [-0.39, 0.29) is 0 Å². The summed E-state index contributed by atoms with van der Waals surface area (Å²) in [4.78, 5) is 11.2. The molecule has 0 heterocycles. The van der Waals surface area contributed by atoms with Crippen molar-refractivity contribution in [1.82, 2.24) is 0 Å². The Balaban J connectivity index is 2.34. The van der Waals surface area contributed by atoms with Crippen LogP contribution in [0.3, 0.4) is 0 Å². The van der Waals surface area contributed by atoms with Gasteiger partial charge < -0.3 is 4.74 Å². The number of rotatable bonds is 9. The van der Waals surface area contributed by atoms with Crippen LogP contribution in [0.15, 0.2) is 18.2 Å². The number of carbonyl (C=O) groups excluding carboxylic acids is 1. The van der Waals surface area contributed by atoms with E-state index in [9.17, 15) is 4.79 Å². The van der Waals surface area contributed by atoms with Crippen molar-refractivity contribution < 1.29 is 9.53 Å². The number of ketones is 1. The van der Waals surface area contributed by atoms with Crippen LogP contribution in [0.2, 0.25) is 5.02 Å². The maximum atomic E-state index is 11.2. The van der Waals surface area contributed by atoms with Crippen LogP contribution in [0.25, 0.3) is 0 Å². The molecule has 0 N–H and O–H groups in total. The normalized spacial score (nSPS) is 10.5. The minimum absolute atomic E-state index is 0.362. The van der Waals surface area contributed by atoms with Crippen molar-refractivity contribution >= 4 is 17.4 Å². The molecule has 2 nitrogen and oxygen atoms in total. The Morgan fingerprint density at radius 2 is 1.95 bits per heavy atom. The number of hydrogen-bond acceptors (Lipinski definition) is 2. The smallest absolute Gasteiger partial charge is 0.132 e. The molecule has 0 unspecified atom stereocenters. The highest BCUT2D eigenvalue weighted by atomic mass is 35.5. The summed E-state index contributed by atoms with van der Waals surface area (Å²) in [5, 5.41) is 0.724. The van der Waals surface area contributed by atoms with Gasteiger partial charge in [-0.1, -0.05) is 24.9 Å². The molecular formula is C16H23ClO2. The first-order valence-corrected chi connectivity index (χ1v) is 7.47. The summed E-state index contributed by atoms with van der Waals surface area (Å²) in [7, 11) is 0. The van der Waals surface area contributed by atoms with Gasteiger partial charge in [-0.25, -0.2) is 0 Å². The fourth-order valence-corrected chi connectivity index (χ4v) is 2.27. The molecule has 0 amide bonds. The number of aryl methyl sites for hydroxylation is 1. The molecule has 19 heavy (non-hydrogen) atoms. The van der Waals surface area contributed by atoms with Crippen LogP contribution in [0, 0.1) is 0 Å². The summed E-state index contributed by atoms with van der Waals surface area (Å²) < 4.78 is 5.47.